The summed E-state index contributed by atoms with van der Waals surface area (Å²) in [7, 11) is 0. The summed E-state index contributed by atoms with van der Waals surface area (Å²) in [4.78, 5) is 22.8. The lowest BCUT2D eigenvalue weighted by molar-refractivity contribution is 0.0948. The van der Waals surface area contributed by atoms with E-state index in [0.29, 0.717) is 27.5 Å². The Kier molecular flexibility index (Phi) is 7.92. The Labute approximate surface area is 188 Å². The van der Waals surface area contributed by atoms with Crippen molar-refractivity contribution >= 4 is 39.7 Å². The van der Waals surface area contributed by atoms with E-state index in [0.717, 1.165) is 21.7 Å². The van der Waals surface area contributed by atoms with E-state index >= 15 is 0 Å². The number of carbonyl (C=O) groups excluding carboxylic acids is 1. The normalized spacial score (nSPS) is 12.1. The number of amides is 1. The highest BCUT2D eigenvalue weighted by Crippen LogP contribution is 2.43. The monoisotopic (exact) mass is 459 g/mol. The first-order valence-corrected chi connectivity index (χ1v) is 11.5. The van der Waals surface area contributed by atoms with Crippen molar-refractivity contribution in [1.29, 1.82) is 0 Å². The van der Waals surface area contributed by atoms with Gasteiger partial charge in [-0.3, -0.25) is 9.18 Å². The van der Waals surface area contributed by atoms with Gasteiger partial charge in [0.25, 0.3) is 5.91 Å². The average Bonchev–Trinajstić information content (AvgIpc) is 3.08. The molecule has 1 N–H and O–H groups in total. The van der Waals surface area contributed by atoms with Crippen molar-refractivity contribution < 1.29 is 13.6 Å². The SMILES string of the molecule is CC(C)CNC(=O)c1nc2c(s1)N=C(c1ccc(F)cc1)c1ccccc1S2.CCF. The zero-order chi connectivity index (χ0) is 22.4. The van der Waals surface area contributed by atoms with Gasteiger partial charge in [-0.05, 0) is 43.2 Å². The second-order valence-corrected chi connectivity index (χ2v) is 9.07. The molecule has 31 heavy (non-hydrogen) atoms. The van der Waals surface area contributed by atoms with Gasteiger partial charge in [-0.1, -0.05) is 55.1 Å². The molecule has 8 heteroatoms. The number of hydrogen-bond acceptors (Lipinski definition) is 5. The summed E-state index contributed by atoms with van der Waals surface area (Å²) in [5.41, 5.74) is 2.54. The minimum absolute atomic E-state index is 0.181. The third-order valence-electron chi connectivity index (χ3n) is 4.12. The molecule has 1 aliphatic heterocycles. The standard InChI is InChI=1S/C21H18FN3OS2.C2H5F/c1-12(2)11-23-18(26)19-25-21-20(28-19)24-17(13-7-9-14(22)10-8-13)15-5-3-4-6-16(15)27-21;1-2-3/h3-10,12H,11H2,1-2H3,(H,23,26);2H2,1H3. The largest absolute Gasteiger partial charge is 0.350 e. The Morgan fingerprint density at radius 2 is 1.81 bits per heavy atom. The zero-order valence-electron chi connectivity index (χ0n) is 17.5. The molecule has 2 heterocycles. The van der Waals surface area contributed by atoms with Crippen molar-refractivity contribution in [3.8, 4) is 0 Å². The van der Waals surface area contributed by atoms with Crippen LogP contribution in [0.25, 0.3) is 0 Å². The maximum atomic E-state index is 13.4. The van der Waals surface area contributed by atoms with Crippen LogP contribution in [0.2, 0.25) is 0 Å². The van der Waals surface area contributed by atoms with E-state index in [2.05, 4.69) is 10.3 Å². The molecule has 0 spiro atoms. The number of halogens is 2. The van der Waals surface area contributed by atoms with Gasteiger partial charge in [0.2, 0.25) is 0 Å². The van der Waals surface area contributed by atoms with Crippen LogP contribution in [-0.4, -0.2) is 29.8 Å². The molecule has 4 rings (SSSR count). The van der Waals surface area contributed by atoms with Gasteiger partial charge in [-0.15, -0.1) is 0 Å². The van der Waals surface area contributed by atoms with Crippen molar-refractivity contribution in [2.45, 2.75) is 30.7 Å². The Hall–Kier alpha value is -2.58. The summed E-state index contributed by atoms with van der Waals surface area (Å²) in [5.74, 6) is -0.103. The van der Waals surface area contributed by atoms with Gasteiger partial charge in [-0.25, -0.2) is 14.4 Å². The number of benzene rings is 2. The van der Waals surface area contributed by atoms with E-state index < -0.39 is 0 Å². The lowest BCUT2D eigenvalue weighted by atomic mass is 10.0. The highest BCUT2D eigenvalue weighted by Gasteiger charge is 2.24. The molecule has 0 unspecified atom stereocenters. The molecule has 0 aliphatic carbocycles. The zero-order valence-corrected chi connectivity index (χ0v) is 19.1. The van der Waals surface area contributed by atoms with Crippen LogP contribution in [0.4, 0.5) is 13.8 Å². The smallest absolute Gasteiger partial charge is 0.280 e. The predicted octanol–water partition coefficient (Wildman–Crippen LogP) is 6.28. The van der Waals surface area contributed by atoms with Gasteiger partial charge in [0.15, 0.2) is 10.0 Å². The van der Waals surface area contributed by atoms with Crippen LogP contribution < -0.4 is 5.32 Å². The molecule has 3 aromatic rings. The second kappa shape index (κ2) is 10.6. The quantitative estimate of drug-likeness (QED) is 0.391. The van der Waals surface area contributed by atoms with Gasteiger partial charge in [-0.2, -0.15) is 0 Å². The molecule has 1 aromatic heterocycles. The van der Waals surface area contributed by atoms with Crippen molar-refractivity contribution in [1.82, 2.24) is 10.3 Å². The Morgan fingerprint density at radius 1 is 1.13 bits per heavy atom. The molecule has 0 fully saturated rings. The number of hydrogen-bond donors (Lipinski definition) is 1. The number of alkyl halides is 1. The van der Waals surface area contributed by atoms with Crippen molar-refractivity contribution in [2.75, 3.05) is 13.2 Å². The van der Waals surface area contributed by atoms with Crippen LogP contribution in [-0.2, 0) is 0 Å². The van der Waals surface area contributed by atoms with E-state index in [1.165, 1.54) is 42.2 Å². The Bertz CT molecular complexity index is 1080. The fraction of sp³-hybridized carbons (Fsp3) is 0.261. The third-order valence-corrected chi connectivity index (χ3v) is 6.26. The minimum Gasteiger partial charge on any atom is -0.350 e. The van der Waals surface area contributed by atoms with Gasteiger partial charge in [0.1, 0.15) is 10.8 Å². The lowest BCUT2D eigenvalue weighted by Gasteiger charge is -2.09. The summed E-state index contributed by atoms with van der Waals surface area (Å²) in [6.45, 7) is 5.90. The summed E-state index contributed by atoms with van der Waals surface area (Å²) in [6.07, 6.45) is 0. The second-order valence-electron chi connectivity index (χ2n) is 7.07. The number of nitrogens with zero attached hydrogens (tertiary/aromatic N) is 2. The number of rotatable bonds is 4. The Morgan fingerprint density at radius 3 is 2.48 bits per heavy atom. The molecule has 1 aliphatic rings. The van der Waals surface area contributed by atoms with Crippen LogP contribution in [0.1, 0.15) is 41.7 Å². The van der Waals surface area contributed by atoms with Crippen molar-refractivity contribution in [3.05, 3.63) is 70.5 Å². The molecule has 0 atom stereocenters. The van der Waals surface area contributed by atoms with Gasteiger partial charge in [0.05, 0.1) is 12.4 Å². The van der Waals surface area contributed by atoms with Gasteiger partial charge >= 0.3 is 0 Å². The van der Waals surface area contributed by atoms with Gasteiger partial charge < -0.3 is 5.32 Å². The molecule has 0 saturated heterocycles. The van der Waals surface area contributed by atoms with Crippen LogP contribution in [0.5, 0.6) is 0 Å². The first kappa shape index (κ1) is 23.1. The third kappa shape index (κ3) is 5.77. The summed E-state index contributed by atoms with van der Waals surface area (Å²) in [6, 6.07) is 14.2. The van der Waals surface area contributed by atoms with E-state index in [9.17, 15) is 13.6 Å². The molecule has 1 amide bonds. The molecule has 0 bridgehead atoms. The lowest BCUT2D eigenvalue weighted by Crippen LogP contribution is -2.27. The topological polar surface area (TPSA) is 54.4 Å². The van der Waals surface area contributed by atoms with Crippen LogP contribution in [0.15, 0.2) is 63.4 Å². The van der Waals surface area contributed by atoms with E-state index in [1.54, 1.807) is 12.1 Å². The number of nitrogens with one attached hydrogen (secondary N) is 1. The highest BCUT2D eigenvalue weighted by molar-refractivity contribution is 7.99. The molecule has 2 aromatic carbocycles. The van der Waals surface area contributed by atoms with E-state index in [1.807, 2.05) is 38.1 Å². The van der Waals surface area contributed by atoms with Crippen molar-refractivity contribution in [2.24, 2.45) is 10.9 Å². The first-order chi connectivity index (χ1) is 14.9. The molecule has 0 radical (unpaired) electrons. The molecule has 4 nitrogen and oxygen atoms in total. The predicted molar refractivity (Wildman–Crippen MR) is 123 cm³/mol. The minimum atomic E-state index is -0.289. The summed E-state index contributed by atoms with van der Waals surface area (Å²) >= 11 is 2.77. The van der Waals surface area contributed by atoms with Crippen molar-refractivity contribution in [3.63, 3.8) is 0 Å². The molecule has 0 saturated carbocycles. The first-order valence-electron chi connectivity index (χ1n) is 9.89. The maximum Gasteiger partial charge on any atom is 0.280 e. The maximum absolute atomic E-state index is 13.4. The fourth-order valence-electron chi connectivity index (χ4n) is 2.75. The van der Waals surface area contributed by atoms with E-state index in [-0.39, 0.29) is 18.4 Å². The Balaban J connectivity index is 0.000000858. The number of carbonyl (C=O) groups is 1. The summed E-state index contributed by atoms with van der Waals surface area (Å²) < 4.78 is 23.7. The van der Waals surface area contributed by atoms with Crippen LogP contribution in [0, 0.1) is 11.7 Å². The highest BCUT2D eigenvalue weighted by atomic mass is 32.2. The summed E-state index contributed by atoms with van der Waals surface area (Å²) in [5, 5.41) is 4.71. The fourth-order valence-corrected chi connectivity index (χ4v) is 4.71. The average molecular weight is 460 g/mol. The number of fused-ring (bicyclic) bond motifs is 2. The molecule has 162 valence electrons. The number of aromatic nitrogens is 1. The molecular weight excluding hydrogens is 436 g/mol. The van der Waals surface area contributed by atoms with Crippen LogP contribution in [0.3, 0.4) is 0 Å². The molecular formula is C23H23F2N3OS2. The van der Waals surface area contributed by atoms with Gasteiger partial charge in [0, 0.05) is 22.6 Å². The van der Waals surface area contributed by atoms with Crippen LogP contribution >= 0.6 is 23.1 Å². The van der Waals surface area contributed by atoms with E-state index in [4.69, 9.17) is 4.99 Å². The number of aliphatic imine (C=N–C) groups is 1. The number of thiazole rings is 1.